The predicted molar refractivity (Wildman–Crippen MR) is 124 cm³/mol. The second kappa shape index (κ2) is 8.06. The molecule has 6 nitrogen and oxygen atoms in total. The molecule has 0 saturated heterocycles. The number of fused-ring (bicyclic) bond motifs is 2. The molecule has 0 aliphatic carbocycles. The number of H-pyrrole nitrogens is 1. The number of thiophene rings is 1. The van der Waals surface area contributed by atoms with Gasteiger partial charge >= 0.3 is 0 Å². The van der Waals surface area contributed by atoms with Crippen molar-refractivity contribution in [2.24, 2.45) is 0 Å². The van der Waals surface area contributed by atoms with Gasteiger partial charge < -0.3 is 10.3 Å². The lowest BCUT2D eigenvalue weighted by Crippen LogP contribution is -2.22. The first-order chi connectivity index (χ1) is 13.8. The number of nitrogens with one attached hydrogen (secondary N) is 2. The Morgan fingerprint density at radius 1 is 1.31 bits per heavy atom. The molecule has 0 bridgehead atoms. The summed E-state index contributed by atoms with van der Waals surface area (Å²) in [6.07, 6.45) is 0. The molecule has 0 aliphatic heterocycles. The van der Waals surface area contributed by atoms with Gasteiger partial charge in [0.1, 0.15) is 10.7 Å². The number of hydrogen-bond acceptors (Lipinski definition) is 7. The third-order valence-electron chi connectivity index (χ3n) is 4.51. The maximum atomic E-state index is 12.5. The molecule has 4 aromatic rings. The Morgan fingerprint density at radius 3 is 2.90 bits per heavy atom. The number of nitrogens with zero attached hydrogens (tertiary/aromatic N) is 2. The molecule has 0 saturated carbocycles. The van der Waals surface area contributed by atoms with Crippen molar-refractivity contribution in [1.29, 1.82) is 0 Å². The lowest BCUT2D eigenvalue weighted by Gasteiger charge is -2.10. The third kappa shape index (κ3) is 4.18. The molecule has 0 aliphatic rings. The Kier molecular flexibility index (Phi) is 5.65. The monoisotopic (exact) mass is 464 g/mol. The van der Waals surface area contributed by atoms with Crippen LogP contribution in [0, 0.1) is 13.8 Å². The van der Waals surface area contributed by atoms with E-state index in [1.54, 1.807) is 6.07 Å². The van der Waals surface area contributed by atoms with E-state index >= 15 is 0 Å². The average Bonchev–Trinajstić information content (AvgIpc) is 3.19. The van der Waals surface area contributed by atoms with E-state index in [4.69, 9.17) is 11.6 Å². The Labute approximate surface area is 183 Å². The van der Waals surface area contributed by atoms with Gasteiger partial charge in [0.2, 0.25) is 5.91 Å². The second-order valence-corrected chi connectivity index (χ2v) is 10.5. The molecule has 1 atom stereocenters. The van der Waals surface area contributed by atoms with E-state index in [2.05, 4.69) is 20.3 Å². The van der Waals surface area contributed by atoms with Crippen molar-refractivity contribution in [2.75, 3.05) is 5.32 Å². The fourth-order valence-corrected chi connectivity index (χ4v) is 5.75. The van der Waals surface area contributed by atoms with Crippen LogP contribution in [0.2, 0.25) is 5.02 Å². The van der Waals surface area contributed by atoms with Gasteiger partial charge in [-0.05, 0) is 44.5 Å². The zero-order chi connectivity index (χ0) is 20.7. The topological polar surface area (TPSA) is 87.7 Å². The SMILES string of the molecule is Cc1sc2nc(CSC(C)C(=O)Nc3nc4ccc(Cl)cc4s3)[nH]c(=O)c2c1C. The molecule has 1 amide bonds. The summed E-state index contributed by atoms with van der Waals surface area (Å²) in [7, 11) is 0. The van der Waals surface area contributed by atoms with Crippen LogP contribution in [0.5, 0.6) is 0 Å². The molecule has 0 radical (unpaired) electrons. The summed E-state index contributed by atoms with van der Waals surface area (Å²) >= 11 is 10.3. The zero-order valence-electron chi connectivity index (χ0n) is 15.8. The minimum absolute atomic E-state index is 0.127. The summed E-state index contributed by atoms with van der Waals surface area (Å²) in [5.74, 6) is 0.861. The summed E-state index contributed by atoms with van der Waals surface area (Å²) < 4.78 is 0.921. The Bertz CT molecular complexity index is 1290. The number of carbonyl (C=O) groups is 1. The largest absolute Gasteiger partial charge is 0.309 e. The van der Waals surface area contributed by atoms with E-state index in [1.807, 2.05) is 32.9 Å². The van der Waals surface area contributed by atoms with Crippen LogP contribution in [0.4, 0.5) is 5.13 Å². The fraction of sp³-hybridized carbons (Fsp3) is 0.263. The van der Waals surface area contributed by atoms with E-state index in [0.29, 0.717) is 27.1 Å². The van der Waals surface area contributed by atoms with Crippen molar-refractivity contribution in [3.05, 3.63) is 49.8 Å². The quantitative estimate of drug-likeness (QED) is 0.427. The molecular weight excluding hydrogens is 448 g/mol. The first-order valence-corrected chi connectivity index (χ1v) is 11.8. The summed E-state index contributed by atoms with van der Waals surface area (Å²) in [5, 5.41) is 4.35. The number of aryl methyl sites for hydroxylation is 2. The average molecular weight is 465 g/mol. The lowest BCUT2D eigenvalue weighted by atomic mass is 10.2. The number of rotatable bonds is 5. The molecule has 3 heterocycles. The van der Waals surface area contributed by atoms with Crippen LogP contribution in [0.25, 0.3) is 20.4 Å². The van der Waals surface area contributed by atoms with Crippen LogP contribution in [0.3, 0.4) is 0 Å². The van der Waals surface area contributed by atoms with Gasteiger partial charge in [-0.25, -0.2) is 9.97 Å². The second-order valence-electron chi connectivity index (χ2n) is 6.55. The highest BCUT2D eigenvalue weighted by Gasteiger charge is 2.17. The molecule has 0 spiro atoms. The van der Waals surface area contributed by atoms with Gasteiger partial charge in [0, 0.05) is 9.90 Å². The van der Waals surface area contributed by atoms with Crippen LogP contribution >= 0.6 is 46.0 Å². The number of aromatic nitrogens is 3. The number of halogens is 1. The molecule has 1 aromatic carbocycles. The maximum Gasteiger partial charge on any atom is 0.259 e. The first kappa shape index (κ1) is 20.3. The van der Waals surface area contributed by atoms with Gasteiger partial charge in [-0.2, -0.15) is 0 Å². The highest BCUT2D eigenvalue weighted by atomic mass is 35.5. The Hall–Kier alpha value is -1.94. The van der Waals surface area contributed by atoms with Crippen LogP contribution in [0.1, 0.15) is 23.2 Å². The van der Waals surface area contributed by atoms with Crippen molar-refractivity contribution in [1.82, 2.24) is 15.0 Å². The van der Waals surface area contributed by atoms with E-state index in [9.17, 15) is 9.59 Å². The van der Waals surface area contributed by atoms with Crippen LogP contribution in [0.15, 0.2) is 23.0 Å². The minimum atomic E-state index is -0.335. The molecule has 0 fully saturated rings. The number of benzene rings is 1. The van der Waals surface area contributed by atoms with Gasteiger partial charge in [-0.15, -0.1) is 23.1 Å². The summed E-state index contributed by atoms with van der Waals surface area (Å²) in [6.45, 7) is 5.74. The number of aromatic amines is 1. The number of thioether (sulfide) groups is 1. The van der Waals surface area contributed by atoms with Crippen molar-refractivity contribution in [3.8, 4) is 0 Å². The van der Waals surface area contributed by atoms with Gasteiger partial charge in [0.25, 0.3) is 5.56 Å². The third-order valence-corrected chi connectivity index (χ3v) is 7.93. The molecule has 29 heavy (non-hydrogen) atoms. The van der Waals surface area contributed by atoms with Crippen LogP contribution < -0.4 is 10.9 Å². The highest BCUT2D eigenvalue weighted by molar-refractivity contribution is 7.99. The lowest BCUT2D eigenvalue weighted by molar-refractivity contribution is -0.115. The molecule has 3 aromatic heterocycles. The molecule has 4 rings (SSSR count). The van der Waals surface area contributed by atoms with Crippen LogP contribution in [-0.4, -0.2) is 26.1 Å². The summed E-state index contributed by atoms with van der Waals surface area (Å²) in [5.41, 5.74) is 1.65. The molecule has 10 heteroatoms. The number of amides is 1. The van der Waals surface area contributed by atoms with E-state index in [1.165, 1.54) is 34.4 Å². The normalized spacial score (nSPS) is 12.6. The van der Waals surface area contributed by atoms with Crippen molar-refractivity contribution in [2.45, 2.75) is 31.8 Å². The summed E-state index contributed by atoms with van der Waals surface area (Å²) in [6, 6.07) is 5.43. The molecule has 2 N–H and O–H groups in total. The number of hydrogen-bond donors (Lipinski definition) is 2. The zero-order valence-corrected chi connectivity index (χ0v) is 19.0. The van der Waals surface area contributed by atoms with Crippen molar-refractivity contribution < 1.29 is 4.79 Å². The number of anilines is 1. The van der Waals surface area contributed by atoms with E-state index in [-0.39, 0.29) is 16.7 Å². The number of carbonyl (C=O) groups excluding carboxylic acids is 1. The summed E-state index contributed by atoms with van der Waals surface area (Å²) in [4.78, 5) is 38.5. The Balaban J connectivity index is 1.43. The molecule has 1 unspecified atom stereocenters. The fourth-order valence-electron chi connectivity index (χ4n) is 2.81. The van der Waals surface area contributed by atoms with Crippen molar-refractivity contribution in [3.63, 3.8) is 0 Å². The van der Waals surface area contributed by atoms with Gasteiger partial charge in [-0.3, -0.25) is 9.59 Å². The van der Waals surface area contributed by atoms with Gasteiger partial charge in [0.15, 0.2) is 5.13 Å². The number of thiazole rings is 1. The van der Waals surface area contributed by atoms with E-state index in [0.717, 1.165) is 25.5 Å². The van der Waals surface area contributed by atoms with Gasteiger partial charge in [-0.1, -0.05) is 22.9 Å². The smallest absolute Gasteiger partial charge is 0.259 e. The highest BCUT2D eigenvalue weighted by Crippen LogP contribution is 2.29. The maximum absolute atomic E-state index is 12.5. The van der Waals surface area contributed by atoms with E-state index < -0.39 is 0 Å². The Morgan fingerprint density at radius 2 is 2.10 bits per heavy atom. The minimum Gasteiger partial charge on any atom is -0.309 e. The van der Waals surface area contributed by atoms with Crippen molar-refractivity contribution >= 4 is 77.5 Å². The van der Waals surface area contributed by atoms with Gasteiger partial charge in [0.05, 0.1) is 26.6 Å². The first-order valence-electron chi connectivity index (χ1n) is 8.79. The predicted octanol–water partition coefficient (Wildman–Crippen LogP) is 5.12. The van der Waals surface area contributed by atoms with Crippen LogP contribution in [-0.2, 0) is 10.5 Å². The molecule has 150 valence electrons. The standard InChI is InChI=1S/C19H17ClN4O2S3/c1-8-9(2)28-18-15(8)17(26)22-14(23-18)7-27-10(3)16(25)24-19-21-12-5-4-11(20)6-13(12)29-19/h4-6,10H,7H2,1-3H3,(H,21,24,25)(H,22,23,26). The molecular formula is C19H17ClN4O2S3.